The van der Waals surface area contributed by atoms with Crippen molar-refractivity contribution in [2.45, 2.75) is 38.7 Å². The highest BCUT2D eigenvalue weighted by molar-refractivity contribution is 5.79. The molecule has 2 amide bonds. The number of carbonyl (C=O) groups excluding carboxylic acids is 2. The summed E-state index contributed by atoms with van der Waals surface area (Å²) in [5.74, 6) is 0.328. The molecule has 0 saturated carbocycles. The second kappa shape index (κ2) is 9.33. The van der Waals surface area contributed by atoms with Gasteiger partial charge in [0.1, 0.15) is 17.6 Å². The number of carbonyl (C=O) groups is 2. The van der Waals surface area contributed by atoms with Crippen molar-refractivity contribution in [2.75, 3.05) is 19.6 Å². The molecular weight excluding hydrogens is 437 g/mol. The molecule has 2 aromatic rings. The Morgan fingerprint density at radius 2 is 1.85 bits per heavy atom. The third kappa shape index (κ3) is 5.77. The van der Waals surface area contributed by atoms with Crippen LogP contribution in [0.1, 0.15) is 25.3 Å². The molecule has 2 aliphatic rings. The number of alkyl halides is 3. The van der Waals surface area contributed by atoms with Gasteiger partial charge in [0.25, 0.3) is 0 Å². The number of likely N-dealkylation sites (tertiary alicyclic amines) is 1. The van der Waals surface area contributed by atoms with Crippen molar-refractivity contribution in [3.63, 3.8) is 0 Å². The van der Waals surface area contributed by atoms with E-state index in [1.54, 1.807) is 23.1 Å². The molecule has 1 N–H and O–H groups in total. The monoisotopic (exact) mass is 462 g/mol. The van der Waals surface area contributed by atoms with Crippen LogP contribution in [0, 0.1) is 5.92 Å². The van der Waals surface area contributed by atoms with Crippen LogP contribution in [0.2, 0.25) is 0 Å². The van der Waals surface area contributed by atoms with Crippen LogP contribution in [0.3, 0.4) is 0 Å². The molecule has 1 fully saturated rings. The van der Waals surface area contributed by atoms with E-state index in [4.69, 9.17) is 4.74 Å². The van der Waals surface area contributed by atoms with Gasteiger partial charge in [-0.3, -0.25) is 9.59 Å². The molecule has 0 aliphatic carbocycles. The van der Waals surface area contributed by atoms with E-state index < -0.39 is 6.36 Å². The third-order valence-electron chi connectivity index (χ3n) is 6.02. The first-order chi connectivity index (χ1) is 15.7. The lowest BCUT2D eigenvalue weighted by molar-refractivity contribution is -0.274. The molecule has 4 rings (SSSR count). The van der Waals surface area contributed by atoms with Gasteiger partial charge in [-0.25, -0.2) is 0 Å². The van der Waals surface area contributed by atoms with Crippen LogP contribution in [0.25, 0.3) is 11.1 Å². The molecule has 0 radical (unpaired) electrons. The first-order valence-electron chi connectivity index (χ1n) is 10.9. The number of rotatable bonds is 5. The van der Waals surface area contributed by atoms with Gasteiger partial charge in [0.15, 0.2) is 0 Å². The van der Waals surface area contributed by atoms with Crippen LogP contribution in [0.5, 0.6) is 11.5 Å². The molecule has 0 bridgehead atoms. The molecule has 2 heterocycles. The first-order valence-corrected chi connectivity index (χ1v) is 10.9. The van der Waals surface area contributed by atoms with Crippen molar-refractivity contribution in [2.24, 2.45) is 5.92 Å². The molecule has 2 aromatic carbocycles. The van der Waals surface area contributed by atoms with E-state index in [1.807, 2.05) is 6.07 Å². The van der Waals surface area contributed by atoms with Crippen molar-refractivity contribution in [3.8, 4) is 22.6 Å². The van der Waals surface area contributed by atoms with Gasteiger partial charge in [-0.15, -0.1) is 13.2 Å². The molecule has 0 aromatic heterocycles. The van der Waals surface area contributed by atoms with Crippen molar-refractivity contribution < 1.29 is 32.2 Å². The topological polar surface area (TPSA) is 67.9 Å². The Morgan fingerprint density at radius 3 is 2.55 bits per heavy atom. The summed E-state index contributed by atoms with van der Waals surface area (Å²) >= 11 is 0. The standard InChI is InChI=1S/C24H25F3N2O4/c1-15(30)29-9-7-16(8-10-29)23(31)28-14-21-13-19-11-18(5-6-22(19)32-21)17-3-2-4-20(12-17)33-24(25,26)27/h2-6,11-12,16,21H,7-10,13-14H2,1H3,(H,28,31). The zero-order valence-electron chi connectivity index (χ0n) is 18.2. The van der Waals surface area contributed by atoms with Crippen molar-refractivity contribution in [3.05, 3.63) is 48.0 Å². The highest BCUT2D eigenvalue weighted by atomic mass is 19.4. The van der Waals surface area contributed by atoms with Crippen LogP contribution in [-0.2, 0) is 16.0 Å². The molecule has 2 aliphatic heterocycles. The lowest BCUT2D eigenvalue weighted by Gasteiger charge is -2.30. The summed E-state index contributed by atoms with van der Waals surface area (Å²) in [6.45, 7) is 3.09. The number of nitrogens with one attached hydrogen (secondary N) is 1. The van der Waals surface area contributed by atoms with Crippen LogP contribution in [-0.4, -0.2) is 48.8 Å². The maximum absolute atomic E-state index is 12.5. The second-order valence-electron chi connectivity index (χ2n) is 8.37. The van der Waals surface area contributed by atoms with E-state index >= 15 is 0 Å². The molecule has 1 saturated heterocycles. The minimum Gasteiger partial charge on any atom is -0.488 e. The molecule has 1 unspecified atom stereocenters. The highest BCUT2D eigenvalue weighted by Crippen LogP contribution is 2.34. The number of amides is 2. The van der Waals surface area contributed by atoms with Crippen molar-refractivity contribution in [1.29, 1.82) is 0 Å². The predicted octanol–water partition coefficient (Wildman–Crippen LogP) is 3.93. The summed E-state index contributed by atoms with van der Waals surface area (Å²) < 4.78 is 47.5. The Labute approximate surface area is 189 Å². The van der Waals surface area contributed by atoms with E-state index in [-0.39, 0.29) is 29.6 Å². The second-order valence-corrected chi connectivity index (χ2v) is 8.37. The minimum absolute atomic E-state index is 0.0278. The molecule has 6 nitrogen and oxygen atoms in total. The summed E-state index contributed by atoms with van der Waals surface area (Å²) in [6, 6.07) is 11.3. The molecule has 33 heavy (non-hydrogen) atoms. The largest absolute Gasteiger partial charge is 0.573 e. The maximum atomic E-state index is 12.5. The summed E-state index contributed by atoms with van der Waals surface area (Å²) in [5.41, 5.74) is 2.30. The van der Waals surface area contributed by atoms with Crippen LogP contribution in [0.4, 0.5) is 13.2 Å². The first kappa shape index (κ1) is 22.9. The SMILES string of the molecule is CC(=O)N1CCC(C(=O)NCC2Cc3cc(-c4cccc(OC(F)(F)F)c4)ccc3O2)CC1. The summed E-state index contributed by atoms with van der Waals surface area (Å²) in [6.07, 6.45) is -3.07. The highest BCUT2D eigenvalue weighted by Gasteiger charge is 2.31. The molecule has 9 heteroatoms. The molecule has 1 atom stereocenters. The zero-order chi connectivity index (χ0) is 23.6. The predicted molar refractivity (Wildman–Crippen MR) is 115 cm³/mol. The Morgan fingerprint density at radius 1 is 1.12 bits per heavy atom. The quantitative estimate of drug-likeness (QED) is 0.731. The molecule has 0 spiro atoms. The van der Waals surface area contributed by atoms with Crippen molar-refractivity contribution >= 4 is 11.8 Å². The normalized spacial score (nSPS) is 18.4. The number of hydrogen-bond acceptors (Lipinski definition) is 4. The third-order valence-corrected chi connectivity index (χ3v) is 6.02. The van der Waals surface area contributed by atoms with Gasteiger partial charge < -0.3 is 19.7 Å². The van der Waals surface area contributed by atoms with E-state index in [2.05, 4.69) is 10.1 Å². The maximum Gasteiger partial charge on any atom is 0.573 e. The number of hydrogen-bond donors (Lipinski definition) is 1. The van der Waals surface area contributed by atoms with E-state index in [0.29, 0.717) is 50.2 Å². The van der Waals surface area contributed by atoms with E-state index in [9.17, 15) is 22.8 Å². The fraction of sp³-hybridized carbons (Fsp3) is 0.417. The summed E-state index contributed by atoms with van der Waals surface area (Å²) in [4.78, 5) is 25.7. The Kier molecular flexibility index (Phi) is 6.49. The number of benzene rings is 2. The molecular formula is C24H25F3N2O4. The Bertz CT molecular complexity index is 1030. The van der Waals surface area contributed by atoms with Crippen LogP contribution < -0.4 is 14.8 Å². The van der Waals surface area contributed by atoms with Gasteiger partial charge in [0, 0.05) is 32.4 Å². The number of piperidine rings is 1. The van der Waals surface area contributed by atoms with Gasteiger partial charge in [-0.05, 0) is 53.8 Å². The fourth-order valence-corrected chi connectivity index (χ4v) is 4.30. The van der Waals surface area contributed by atoms with Gasteiger partial charge in [0.2, 0.25) is 11.8 Å². The lowest BCUT2D eigenvalue weighted by atomic mass is 9.95. The lowest BCUT2D eigenvalue weighted by Crippen LogP contribution is -2.44. The smallest absolute Gasteiger partial charge is 0.488 e. The average molecular weight is 462 g/mol. The summed E-state index contributed by atoms with van der Waals surface area (Å²) in [5, 5.41) is 2.96. The summed E-state index contributed by atoms with van der Waals surface area (Å²) in [7, 11) is 0. The van der Waals surface area contributed by atoms with Crippen LogP contribution in [0.15, 0.2) is 42.5 Å². The fourth-order valence-electron chi connectivity index (χ4n) is 4.30. The Hall–Kier alpha value is -3.23. The molecule has 176 valence electrons. The average Bonchev–Trinajstić information content (AvgIpc) is 3.18. The minimum atomic E-state index is -4.74. The van der Waals surface area contributed by atoms with Gasteiger partial charge in [-0.2, -0.15) is 0 Å². The number of nitrogens with zero attached hydrogens (tertiary/aromatic N) is 1. The number of ether oxygens (including phenoxy) is 2. The van der Waals surface area contributed by atoms with E-state index in [0.717, 1.165) is 11.1 Å². The number of halogens is 3. The zero-order valence-corrected chi connectivity index (χ0v) is 18.2. The van der Waals surface area contributed by atoms with E-state index in [1.165, 1.54) is 25.1 Å². The number of fused-ring (bicyclic) bond motifs is 1. The van der Waals surface area contributed by atoms with Gasteiger partial charge in [-0.1, -0.05) is 18.2 Å². The van der Waals surface area contributed by atoms with Gasteiger partial charge >= 0.3 is 6.36 Å². The van der Waals surface area contributed by atoms with Gasteiger partial charge in [0.05, 0.1) is 6.54 Å². The van der Waals surface area contributed by atoms with Crippen molar-refractivity contribution in [1.82, 2.24) is 10.2 Å². The van der Waals surface area contributed by atoms with Crippen LogP contribution >= 0.6 is 0 Å². The Balaban J connectivity index is 1.33.